The van der Waals surface area contributed by atoms with Crippen LogP contribution in [-0.4, -0.2) is 194 Å². The zero-order valence-corrected chi connectivity index (χ0v) is 76.2. The van der Waals surface area contributed by atoms with E-state index in [-0.39, 0.29) is 126 Å². The summed E-state index contributed by atoms with van der Waals surface area (Å²) in [6.07, 6.45) is 13.9. The van der Waals surface area contributed by atoms with Gasteiger partial charge in [0.25, 0.3) is 0 Å². The number of hydrogen-bond acceptors (Lipinski definition) is 26. The molecule has 0 saturated heterocycles. The number of pyridine rings is 1. The van der Waals surface area contributed by atoms with Crippen LogP contribution in [0.4, 0.5) is 14.4 Å². The van der Waals surface area contributed by atoms with E-state index in [0.29, 0.717) is 56.2 Å². The fourth-order valence-corrected chi connectivity index (χ4v) is 10.2. The van der Waals surface area contributed by atoms with Crippen molar-refractivity contribution in [3.05, 3.63) is 171 Å². The molecule has 3 amide bonds. The summed E-state index contributed by atoms with van der Waals surface area (Å²) in [5.74, 6) is -3.78. The summed E-state index contributed by atoms with van der Waals surface area (Å²) in [6, 6.07) is 25.6. The number of ketones is 1. The number of nitrogens with zero attached hydrogens (tertiary/aromatic N) is 3. The molecule has 30 nitrogen and oxygen atoms in total. The summed E-state index contributed by atoms with van der Waals surface area (Å²) in [4.78, 5) is 142. The molecule has 0 radical (unpaired) electrons. The van der Waals surface area contributed by atoms with Gasteiger partial charge in [0.15, 0.2) is 12.1 Å². The first-order valence-electron chi connectivity index (χ1n) is 39.2. The predicted molar refractivity (Wildman–Crippen MR) is 522 cm³/mol. The van der Waals surface area contributed by atoms with Crippen LogP contribution in [0.1, 0.15) is 267 Å². The third-order valence-electron chi connectivity index (χ3n) is 17.3. The topological polar surface area (TPSA) is 426 Å². The quantitative estimate of drug-likeness (QED) is 0.00819. The Bertz CT molecular complexity index is 3990. The lowest BCUT2D eigenvalue weighted by Gasteiger charge is -2.31. The number of rotatable bonds is 35. The summed E-state index contributed by atoms with van der Waals surface area (Å²) >= 11 is 0. The molecule has 0 saturated carbocycles. The second-order valence-electron chi connectivity index (χ2n) is 29.9. The van der Waals surface area contributed by atoms with Gasteiger partial charge in [-0.15, -0.1) is 45.3 Å². The van der Waals surface area contributed by atoms with Gasteiger partial charge in [-0.1, -0.05) is 198 Å². The molecule has 1 aromatic heterocycles. The van der Waals surface area contributed by atoms with Crippen molar-refractivity contribution in [2.45, 2.75) is 303 Å². The number of aromatic nitrogens is 1. The highest BCUT2D eigenvalue weighted by Crippen LogP contribution is 2.29. The molecule has 1 heterocycles. The minimum Gasteiger partial charge on any atom is -0.496 e. The number of nitrogens with two attached hydrogens (primary N) is 2. The number of carboxylic acids is 1. The monoisotopic (exact) mass is 1830 g/mol. The van der Waals surface area contributed by atoms with Crippen molar-refractivity contribution in [2.75, 3.05) is 49.3 Å². The van der Waals surface area contributed by atoms with Crippen LogP contribution >= 0.6 is 12.4 Å². The predicted octanol–water partition coefficient (Wildman–Crippen LogP) is 19.9. The van der Waals surface area contributed by atoms with Gasteiger partial charge in [-0.3, -0.25) is 29.4 Å². The Morgan fingerprint density at radius 1 is 0.477 bits per heavy atom. The van der Waals surface area contributed by atoms with E-state index in [9.17, 15) is 57.8 Å². The van der Waals surface area contributed by atoms with Crippen LogP contribution in [0.2, 0.25) is 0 Å². The average molecular weight is 1830 g/mol. The minimum absolute atomic E-state index is 0. The summed E-state index contributed by atoms with van der Waals surface area (Å²) in [5.41, 5.74) is 7.12. The lowest BCUT2D eigenvalue weighted by Crippen LogP contribution is -2.55. The highest BCUT2D eigenvalue weighted by atomic mass is 35.5. The van der Waals surface area contributed by atoms with E-state index in [2.05, 4.69) is 78.0 Å². The third-order valence-corrected chi connectivity index (χ3v) is 17.3. The van der Waals surface area contributed by atoms with E-state index in [4.69, 9.17) is 44.6 Å². The van der Waals surface area contributed by atoms with Crippen LogP contribution in [0.15, 0.2) is 158 Å². The van der Waals surface area contributed by atoms with Gasteiger partial charge in [0.05, 0.1) is 53.7 Å². The number of aryl methyl sites for hydroxylation is 1. The van der Waals surface area contributed by atoms with Crippen molar-refractivity contribution >= 4 is 102 Å². The lowest BCUT2D eigenvalue weighted by atomic mass is 9.92. The van der Waals surface area contributed by atoms with Crippen molar-refractivity contribution in [2.24, 2.45) is 21.5 Å². The maximum absolute atomic E-state index is 13.0. The minimum atomic E-state index is -1.40. The maximum atomic E-state index is 13.0. The summed E-state index contributed by atoms with van der Waals surface area (Å²) in [7, 11) is 8.17. The zero-order chi connectivity index (χ0) is 92.9. The number of esters is 6. The Balaban J connectivity index is -0.000000143. The SMILES string of the molecule is C.C.C.C.C.C.C.C=CCC(CC)(N=Cc1ccccc1)C(=O)OC.C=CCC(CC)(NC(=O)OC(C)(C)C)C(=O)O.C=CCC(CC)(NC(=O)OC(C)(C)C)C(=O)OC.C=CCC(CC)(NC(=O)OC(C)(C)C)C(=O)OCC(=O)c1cc2ccc(C)nc2cc1OC.C=CCC(N)(CC)C(=O)OC.CCC(N)C(=O)OC.CCC(N=Cc1ccccc1)C(=O)OC.Cl. The molecule has 0 spiro atoms. The smallest absolute Gasteiger partial charge is 0.408 e. The first-order valence-corrected chi connectivity index (χ1v) is 39.2. The van der Waals surface area contributed by atoms with Crippen LogP contribution in [0.25, 0.3) is 10.9 Å². The molecular formula is C97H165ClN8O22. The van der Waals surface area contributed by atoms with Crippen molar-refractivity contribution in [3.8, 4) is 5.75 Å². The number of hydrogen-bond donors (Lipinski definition) is 6. The third kappa shape index (κ3) is 52.2. The van der Waals surface area contributed by atoms with E-state index < -0.39 is 105 Å². The Morgan fingerprint density at radius 2 is 0.867 bits per heavy atom. The van der Waals surface area contributed by atoms with Gasteiger partial charge in [-0.25, -0.2) is 38.4 Å². The Morgan fingerprint density at radius 3 is 1.20 bits per heavy atom. The summed E-state index contributed by atoms with van der Waals surface area (Å²) < 4.78 is 49.3. The van der Waals surface area contributed by atoms with Crippen molar-refractivity contribution < 1.29 is 105 Å². The van der Waals surface area contributed by atoms with Gasteiger partial charge < -0.3 is 79.9 Å². The number of halogens is 1. The van der Waals surface area contributed by atoms with Gasteiger partial charge in [0, 0.05) is 36.0 Å². The molecule has 4 aromatic rings. The molecule has 0 fully saturated rings. The van der Waals surface area contributed by atoms with E-state index in [1.54, 1.807) is 126 Å². The molecule has 4 rings (SSSR count). The number of aliphatic carboxylic acids is 1. The number of carbonyl (C=O) groups is 11. The molecule has 0 aliphatic heterocycles. The fraction of sp³-hybridized carbons (Fsp3) is 0.546. The summed E-state index contributed by atoms with van der Waals surface area (Å²) in [5, 5.41) is 17.5. The molecule has 7 atom stereocenters. The summed E-state index contributed by atoms with van der Waals surface area (Å²) in [6.45, 7) is 47.6. The number of nitrogens with one attached hydrogen (secondary N) is 3. The molecular weight excluding hydrogens is 1660 g/mol. The highest BCUT2D eigenvalue weighted by Gasteiger charge is 2.43. The highest BCUT2D eigenvalue weighted by molar-refractivity contribution is 6.04. The molecule has 732 valence electrons. The Labute approximate surface area is 774 Å². The van der Waals surface area contributed by atoms with Gasteiger partial charge >= 0.3 is 60.1 Å². The number of aliphatic imine (C=N–C) groups is 2. The van der Waals surface area contributed by atoms with E-state index in [1.165, 1.54) is 54.8 Å². The fourth-order valence-electron chi connectivity index (χ4n) is 10.2. The second kappa shape index (κ2) is 70.9. The van der Waals surface area contributed by atoms with Crippen molar-refractivity contribution in [1.82, 2.24) is 20.9 Å². The number of amides is 3. The standard InChI is InChI=1S/C25H32N2O6.C15H19NO2.C13H23NO4.C12H21NO4.C12H15NO2.C8H15NO2.C5H11NO2.7CH4.ClH/c1-8-12-25(9-2,27-23(30)33-24(4,5)6)22(29)32-15-20(28)18-13-17-11-10-16(3)26-19(17)14-21(18)31-7;1-4-11-15(5-2,14(17)18-3)16-12-13-9-7-6-8-10-13;1-7-9-13(8-2,10(15)17-6)14-11(16)18-12(3,4)5;1-6-8-12(7-2,9(14)15)13-10(16)17-11(3,4)5;1-3-11(12(14)15-2)13-9-10-7-5-4-6-8-10;1-4-6-8(9,5-2)7(10)11-3;1-3-4(6)5(7)8-2;;;;;;;;/h8,10-11,13-14H,1,9,12,15H2,2-7H3,(H,27,30);4,6-10,12H,1,5,11H2,2-3H3;7H,1,8-9H2,2-6H3,(H,14,16);6H,1,7-8H2,2-5H3,(H,13,16)(H,14,15);4-9,11H,3H2,1-2H3;4H,1,5-6,9H2,2-3H3;4H,3,6H2,1-2H3;7*1H4;1H. The average Bonchev–Trinajstić information content (AvgIpc) is 0.800. The van der Waals surface area contributed by atoms with Gasteiger partial charge in [-0.2, -0.15) is 0 Å². The van der Waals surface area contributed by atoms with Crippen LogP contribution in [0.3, 0.4) is 0 Å². The Hall–Kier alpha value is -11.1. The number of ether oxygens (including phenoxy) is 10. The van der Waals surface area contributed by atoms with Gasteiger partial charge in [-0.05, 0) is 163 Å². The number of alkyl carbamates (subject to hydrolysis) is 3. The molecule has 31 heteroatoms. The number of Topliss-reactive ketones (excluding diaryl/α,β-unsaturated/α-hetero) is 1. The second-order valence-corrected chi connectivity index (χ2v) is 29.9. The first kappa shape index (κ1) is 140. The van der Waals surface area contributed by atoms with Gasteiger partial charge in [0.1, 0.15) is 56.8 Å². The number of carboxylic acid groups (broad SMARTS) is 1. The largest absolute Gasteiger partial charge is 0.496 e. The molecule has 8 N–H and O–H groups in total. The van der Waals surface area contributed by atoms with Crippen molar-refractivity contribution in [1.29, 1.82) is 0 Å². The lowest BCUT2D eigenvalue weighted by molar-refractivity contribution is -0.151. The zero-order valence-electron chi connectivity index (χ0n) is 75.4. The van der Waals surface area contributed by atoms with Crippen LogP contribution < -0.4 is 32.2 Å². The number of carbonyl (C=O) groups excluding carboxylic acids is 10. The normalized spacial score (nSPS) is 12.9. The maximum Gasteiger partial charge on any atom is 0.408 e. The number of methoxy groups -OCH3 is 6. The molecule has 0 bridgehead atoms. The molecule has 0 aliphatic carbocycles. The Kier molecular flexibility index (Phi) is 77.5. The van der Waals surface area contributed by atoms with Gasteiger partial charge in [0.2, 0.25) is 5.78 Å². The number of benzene rings is 3. The van der Waals surface area contributed by atoms with Crippen LogP contribution in [0.5, 0.6) is 5.75 Å². The molecule has 7 unspecified atom stereocenters. The van der Waals surface area contributed by atoms with E-state index >= 15 is 0 Å². The van der Waals surface area contributed by atoms with E-state index in [1.807, 2.05) is 107 Å². The van der Waals surface area contributed by atoms with E-state index in [0.717, 1.165) is 22.2 Å². The number of fused-ring (bicyclic) bond motifs is 1. The molecule has 128 heavy (non-hydrogen) atoms. The molecule has 0 aliphatic rings. The van der Waals surface area contributed by atoms with Crippen LogP contribution in [0, 0.1) is 6.92 Å². The van der Waals surface area contributed by atoms with Crippen LogP contribution in [-0.2, 0) is 76.2 Å². The molecule has 3 aromatic carbocycles. The first-order chi connectivity index (χ1) is 56.1. The van der Waals surface area contributed by atoms with Crippen molar-refractivity contribution in [3.63, 3.8) is 0 Å².